The minimum absolute atomic E-state index is 0. The Morgan fingerprint density at radius 3 is 0.625 bits per heavy atom. The van der Waals surface area contributed by atoms with Crippen LogP contribution in [0.4, 0.5) is 3.58 Å². The molecule has 5 nitrogen and oxygen atoms in total. The summed E-state index contributed by atoms with van der Waals surface area (Å²) in [5, 5.41) is 0. The summed E-state index contributed by atoms with van der Waals surface area (Å²) in [5.41, 5.74) is 0. The van der Waals surface area contributed by atoms with E-state index in [1.54, 1.807) is 0 Å². The third-order valence-corrected chi connectivity index (χ3v) is 0. The van der Waals surface area contributed by atoms with Crippen LogP contribution >= 0.6 is 0 Å². The Balaban J connectivity index is -0.000000000333. The number of halogens is 2. The summed E-state index contributed by atoms with van der Waals surface area (Å²) in [6.45, 7) is 0. The molecule has 0 spiro atoms. The third-order valence-electron chi connectivity index (χ3n) is 0. The van der Waals surface area contributed by atoms with Crippen molar-refractivity contribution < 1.29 is 24.5 Å². The van der Waals surface area contributed by atoms with Gasteiger partial charge >= 0.3 is 19.8 Å². The van der Waals surface area contributed by atoms with Crippen LogP contribution in [0.3, 0.4) is 0 Å². The zero-order valence-electron chi connectivity index (χ0n) is 3.98. The second-order valence-electron chi connectivity index (χ2n) is 0. The van der Waals surface area contributed by atoms with Crippen molar-refractivity contribution in [2.24, 2.45) is 0 Å². The fourth-order valence-corrected chi connectivity index (χ4v) is 0. The second-order valence-corrected chi connectivity index (χ2v) is 0. The third kappa shape index (κ3) is 5940. The minimum atomic E-state index is 0. The Morgan fingerprint density at radius 2 is 0.625 bits per heavy atom. The molecule has 0 aliphatic rings. The molecule has 0 amide bonds. The molecule has 8 heteroatoms. The van der Waals surface area contributed by atoms with Gasteiger partial charge in [0.25, 0.3) is 0 Å². The summed E-state index contributed by atoms with van der Waals surface area (Å²) in [5.74, 6) is 0. The summed E-state index contributed by atoms with van der Waals surface area (Å²) in [7, 11) is 0. The van der Waals surface area contributed by atoms with Gasteiger partial charge in [0.15, 0.2) is 0 Å². The molecule has 0 atom stereocenters. The average Bonchev–Trinajstić information content (AvgIpc) is 1.00. The molecule has 0 saturated heterocycles. The zero-order chi connectivity index (χ0) is 2.00. The smallest absolute Gasteiger partial charge is 0.693 e. The first-order valence-corrected chi connectivity index (χ1v) is 0.519. The van der Waals surface area contributed by atoms with Crippen LogP contribution in [0.15, 0.2) is 0 Å². The first-order valence-electron chi connectivity index (χ1n) is 0.126. The quantitative estimate of drug-likeness (QED) is 0.514. The zero-order valence-corrected chi connectivity index (χ0v) is 5.02. The van der Waals surface area contributed by atoms with Crippen LogP contribution in [-0.2, 0) is 16.2 Å². The van der Waals surface area contributed by atoms with E-state index in [2.05, 4.69) is 16.2 Å². The van der Waals surface area contributed by atoms with E-state index in [-0.39, 0.29) is 35.5 Å². The molecule has 0 bridgehead atoms. The summed E-state index contributed by atoms with van der Waals surface area (Å²) in [6.07, 6.45) is 0. The average molecular weight is 177 g/mol. The van der Waals surface area contributed by atoms with Crippen molar-refractivity contribution in [1.29, 1.82) is 0 Å². The number of nitrogens with two attached hydrogens (primary N) is 5. The molecule has 0 saturated carbocycles. The second kappa shape index (κ2) is 9830. The van der Waals surface area contributed by atoms with E-state index in [0.29, 0.717) is 0 Å². The maximum Gasteiger partial charge on any atom is -0.693 e. The Morgan fingerprint density at radius 1 is 0.625 bits per heavy atom. The predicted molar refractivity (Wildman–Crippen MR) is 27.5 cm³/mol. The molecule has 0 aromatic carbocycles. The Labute approximate surface area is 56.1 Å². The Kier molecular flexibility index (Phi) is 379000. The van der Waals surface area contributed by atoms with Crippen LogP contribution in [0.25, 0.3) is 30.8 Å². The van der Waals surface area contributed by atoms with E-state index in [9.17, 15) is 3.58 Å². The van der Waals surface area contributed by atoms with E-state index in [4.69, 9.17) is 0 Å². The molecule has 0 aliphatic heterocycles. The van der Waals surface area contributed by atoms with Gasteiger partial charge in [-0.2, -0.15) is 0 Å². The van der Waals surface area contributed by atoms with Gasteiger partial charge in [-0.15, -0.1) is 0 Å². The van der Waals surface area contributed by atoms with E-state index in [1.165, 1.54) is 0 Å². The van der Waals surface area contributed by atoms with E-state index >= 15 is 0 Å². The molecule has 8 heavy (non-hydrogen) atoms. The molecule has 0 aliphatic carbocycles. The van der Waals surface area contributed by atoms with Crippen molar-refractivity contribution in [3.8, 4) is 0 Å². The summed E-state index contributed by atoms with van der Waals surface area (Å²) in [6, 6.07) is 0. The monoisotopic (exact) mass is 177 g/mol. The van der Waals surface area contributed by atoms with Crippen LogP contribution in [0.1, 0.15) is 0 Å². The maximum absolute atomic E-state index is 9.19. The van der Waals surface area contributed by atoms with E-state index in [1.807, 2.05) is 0 Å². The van der Waals surface area contributed by atoms with Gasteiger partial charge in [-0.3, -0.25) is 0 Å². The van der Waals surface area contributed by atoms with Crippen molar-refractivity contribution in [1.82, 2.24) is 0 Å². The van der Waals surface area contributed by atoms with Gasteiger partial charge in [-0.05, 0) is 0 Å². The van der Waals surface area contributed by atoms with Crippen molar-refractivity contribution in [2.45, 2.75) is 0 Å². The van der Waals surface area contributed by atoms with Crippen LogP contribution < -0.4 is 4.70 Å². The summed E-state index contributed by atoms with van der Waals surface area (Å²) < 4.78 is 9.19. The first kappa shape index (κ1) is 308. The largest absolute Gasteiger partial charge is 0.693 e. The van der Waals surface area contributed by atoms with Crippen LogP contribution in [0.5, 0.6) is 0 Å². The molecule has 0 aromatic heterocycles. The Hall–Kier alpha value is 0.166. The van der Waals surface area contributed by atoms with Gasteiger partial charge in [0.2, 0.25) is 0 Å². The van der Waals surface area contributed by atoms with Gasteiger partial charge in [-0.1, -0.05) is 0 Å². The standard InChI is InChI=1S/Co.2FH.5H2N/h;2*1H;5*1H2/q+2;;;5*-1/p-2. The molecule has 0 rings (SSSR count). The fourth-order valence-electron chi connectivity index (χ4n) is 0. The van der Waals surface area contributed by atoms with Crippen molar-refractivity contribution in [3.63, 3.8) is 0 Å². The number of hydrogen-bond donors (Lipinski definition) is 0. The molecular formula is H10CoF2N5-5. The summed E-state index contributed by atoms with van der Waals surface area (Å²) in [4.78, 5) is 0. The number of hydrogen-bond acceptors (Lipinski definition) is 0. The van der Waals surface area contributed by atoms with Crippen molar-refractivity contribution in [2.75, 3.05) is 0 Å². The van der Waals surface area contributed by atoms with Crippen LogP contribution in [0, 0.1) is 0 Å². The molecule has 0 heterocycles. The van der Waals surface area contributed by atoms with Crippen LogP contribution in [-0.4, -0.2) is 0 Å². The van der Waals surface area contributed by atoms with Gasteiger partial charge < -0.3 is 35.5 Å². The molecule has 10 N–H and O–H groups in total. The van der Waals surface area contributed by atoms with E-state index < -0.39 is 0 Å². The van der Waals surface area contributed by atoms with Crippen molar-refractivity contribution >= 4 is 0 Å². The van der Waals surface area contributed by atoms with Gasteiger partial charge in [-0.25, -0.2) is 0 Å². The predicted octanol–water partition coefficient (Wildman–Crippen LogP) is 1.01. The van der Waals surface area contributed by atoms with Gasteiger partial charge in [0.05, 0.1) is 0 Å². The molecule has 0 fully saturated rings. The van der Waals surface area contributed by atoms with E-state index in [0.717, 1.165) is 0 Å². The topological polar surface area (TPSA) is 168 Å². The molecular weight excluding hydrogens is 167 g/mol. The van der Waals surface area contributed by atoms with Gasteiger partial charge in [0, 0.05) is 0 Å². The maximum atomic E-state index is 9.19. The van der Waals surface area contributed by atoms with Crippen LogP contribution in [0.2, 0.25) is 0 Å². The molecule has 0 aromatic rings. The van der Waals surface area contributed by atoms with Gasteiger partial charge in [0.1, 0.15) is 0 Å². The SMILES string of the molecule is [F-].[F][Co+].[NH2-].[NH2-].[NH2-].[NH2-].[NH2-]. The normalized spacial score (nSPS) is 0.750. The molecule has 0 unspecified atom stereocenters. The minimum Gasteiger partial charge on any atom is -0.693 e. The summed E-state index contributed by atoms with van der Waals surface area (Å²) >= 11 is 2.06. The van der Waals surface area contributed by atoms with Crippen molar-refractivity contribution in [3.05, 3.63) is 30.8 Å². The molecule has 63 valence electrons. The fraction of sp³-hybridized carbons (Fsp3) is 0. The Bertz CT molecular complexity index is 10.4. The number of rotatable bonds is 0. The first-order chi connectivity index (χ1) is 1.00. The molecule has 0 radical (unpaired) electrons.